The first-order valence-corrected chi connectivity index (χ1v) is 8.17. The summed E-state index contributed by atoms with van der Waals surface area (Å²) >= 11 is 0. The number of hydrogen-bond donors (Lipinski definition) is 2. The highest BCUT2D eigenvalue weighted by molar-refractivity contribution is 5.88. The molecule has 2 atom stereocenters. The third-order valence-electron chi connectivity index (χ3n) is 4.62. The summed E-state index contributed by atoms with van der Waals surface area (Å²) in [6.07, 6.45) is 0. The maximum atomic E-state index is 13.1. The van der Waals surface area contributed by atoms with Crippen LogP contribution in [-0.4, -0.2) is 43.1 Å². The van der Waals surface area contributed by atoms with E-state index in [1.807, 2.05) is 26.0 Å². The molecular formula is C18H23N3O3. The van der Waals surface area contributed by atoms with Crippen LogP contribution in [0.3, 0.4) is 0 Å². The van der Waals surface area contributed by atoms with Crippen molar-refractivity contribution in [3.63, 3.8) is 0 Å². The smallest absolute Gasteiger partial charge is 0.319 e. The van der Waals surface area contributed by atoms with Gasteiger partial charge in [-0.05, 0) is 25.0 Å². The van der Waals surface area contributed by atoms with Gasteiger partial charge in [0, 0.05) is 18.8 Å². The zero-order chi connectivity index (χ0) is 17.3. The van der Waals surface area contributed by atoms with E-state index in [0.29, 0.717) is 32.0 Å². The van der Waals surface area contributed by atoms with E-state index in [-0.39, 0.29) is 11.9 Å². The van der Waals surface area contributed by atoms with Gasteiger partial charge in [0.25, 0.3) is 0 Å². The Hall–Kier alpha value is -2.34. The quantitative estimate of drug-likeness (QED) is 0.867. The highest BCUT2D eigenvalue weighted by Gasteiger charge is 2.40. The lowest BCUT2D eigenvalue weighted by Gasteiger charge is -2.38. The number of carbonyl (C=O) groups excluding carboxylic acids is 2. The van der Waals surface area contributed by atoms with E-state index in [1.165, 1.54) is 0 Å². The van der Waals surface area contributed by atoms with Gasteiger partial charge in [0.05, 0.1) is 19.3 Å². The number of nitrogens with zero attached hydrogens (tertiary/aromatic N) is 1. The molecule has 128 valence electrons. The fraction of sp³-hybridized carbons (Fsp3) is 0.444. The van der Waals surface area contributed by atoms with Crippen LogP contribution in [-0.2, 0) is 9.53 Å². The Morgan fingerprint density at radius 3 is 2.67 bits per heavy atom. The zero-order valence-corrected chi connectivity index (χ0v) is 14.1. The highest BCUT2D eigenvalue weighted by atomic mass is 16.5. The van der Waals surface area contributed by atoms with E-state index in [2.05, 4.69) is 23.3 Å². The third-order valence-corrected chi connectivity index (χ3v) is 4.62. The number of ether oxygens (including phenoxy) is 1. The Morgan fingerprint density at radius 2 is 2.00 bits per heavy atom. The average molecular weight is 329 g/mol. The molecule has 2 aliphatic rings. The lowest BCUT2D eigenvalue weighted by molar-refractivity contribution is -0.139. The molecule has 2 saturated heterocycles. The van der Waals surface area contributed by atoms with Crippen molar-refractivity contribution in [3.05, 3.63) is 47.2 Å². The van der Waals surface area contributed by atoms with Crippen molar-refractivity contribution < 1.29 is 14.3 Å². The number of carbonyl (C=O) groups is 2. The molecule has 2 heterocycles. The van der Waals surface area contributed by atoms with Crippen LogP contribution >= 0.6 is 0 Å². The minimum Gasteiger partial charge on any atom is -0.378 e. The van der Waals surface area contributed by atoms with Crippen LogP contribution in [0.25, 0.3) is 0 Å². The van der Waals surface area contributed by atoms with Crippen molar-refractivity contribution in [1.82, 2.24) is 15.5 Å². The van der Waals surface area contributed by atoms with Crippen LogP contribution in [0.2, 0.25) is 0 Å². The summed E-state index contributed by atoms with van der Waals surface area (Å²) in [6.45, 7) is 10.2. The first-order valence-electron chi connectivity index (χ1n) is 8.17. The summed E-state index contributed by atoms with van der Waals surface area (Å²) in [6, 6.07) is 5.30. The predicted molar refractivity (Wildman–Crippen MR) is 90.4 cm³/mol. The molecule has 6 nitrogen and oxygen atoms in total. The molecular weight excluding hydrogens is 306 g/mol. The van der Waals surface area contributed by atoms with E-state index < -0.39 is 12.0 Å². The van der Waals surface area contributed by atoms with Gasteiger partial charge in [0.15, 0.2) is 0 Å². The number of benzene rings is 1. The van der Waals surface area contributed by atoms with Gasteiger partial charge in [-0.3, -0.25) is 4.79 Å². The topological polar surface area (TPSA) is 70.7 Å². The maximum Gasteiger partial charge on any atom is 0.319 e. The van der Waals surface area contributed by atoms with E-state index in [9.17, 15) is 9.59 Å². The zero-order valence-electron chi connectivity index (χ0n) is 14.1. The number of urea groups is 1. The number of amides is 3. The SMILES string of the molecule is C=C1NC(=O)N[C@H](c2ccc(C)cc2C)[C@@H]1C(=O)N1CCOCC1. The second kappa shape index (κ2) is 6.65. The van der Waals surface area contributed by atoms with Crippen molar-refractivity contribution in [2.75, 3.05) is 26.3 Å². The number of aryl methyl sites for hydroxylation is 2. The van der Waals surface area contributed by atoms with Crippen LogP contribution in [0.4, 0.5) is 4.79 Å². The number of rotatable bonds is 2. The number of morpholine rings is 1. The Bertz CT molecular complexity index is 680. The molecule has 0 aliphatic carbocycles. The molecule has 2 aliphatic heterocycles. The van der Waals surface area contributed by atoms with Gasteiger partial charge >= 0.3 is 6.03 Å². The maximum absolute atomic E-state index is 13.1. The Labute approximate surface area is 141 Å². The van der Waals surface area contributed by atoms with Gasteiger partial charge in [0.1, 0.15) is 5.92 Å². The molecule has 0 bridgehead atoms. The molecule has 0 spiro atoms. The summed E-state index contributed by atoms with van der Waals surface area (Å²) in [7, 11) is 0. The second-order valence-electron chi connectivity index (χ2n) is 6.38. The first kappa shape index (κ1) is 16.5. The van der Waals surface area contributed by atoms with Crippen LogP contribution in [0.15, 0.2) is 30.5 Å². The van der Waals surface area contributed by atoms with Crippen molar-refractivity contribution in [2.24, 2.45) is 5.92 Å². The summed E-state index contributed by atoms with van der Waals surface area (Å²) < 4.78 is 5.32. The monoisotopic (exact) mass is 329 g/mol. The molecule has 0 radical (unpaired) electrons. The molecule has 2 N–H and O–H groups in total. The molecule has 6 heteroatoms. The molecule has 3 rings (SSSR count). The molecule has 1 aromatic rings. The first-order chi connectivity index (χ1) is 11.5. The fourth-order valence-electron chi connectivity index (χ4n) is 3.39. The lowest BCUT2D eigenvalue weighted by atomic mass is 9.85. The molecule has 2 fully saturated rings. The van der Waals surface area contributed by atoms with Gasteiger partial charge in [-0.15, -0.1) is 0 Å². The normalized spacial score (nSPS) is 24.3. The van der Waals surface area contributed by atoms with Crippen LogP contribution in [0.1, 0.15) is 22.7 Å². The van der Waals surface area contributed by atoms with Crippen molar-refractivity contribution in [3.8, 4) is 0 Å². The Morgan fingerprint density at radius 1 is 1.29 bits per heavy atom. The van der Waals surface area contributed by atoms with Gasteiger partial charge in [-0.25, -0.2) is 4.79 Å². The molecule has 3 amide bonds. The molecule has 0 unspecified atom stereocenters. The lowest BCUT2D eigenvalue weighted by Crippen LogP contribution is -2.55. The minimum absolute atomic E-state index is 0.0271. The molecule has 1 aromatic carbocycles. The number of nitrogens with one attached hydrogen (secondary N) is 2. The van der Waals surface area contributed by atoms with Crippen LogP contribution < -0.4 is 10.6 Å². The van der Waals surface area contributed by atoms with E-state index in [4.69, 9.17) is 4.74 Å². The van der Waals surface area contributed by atoms with Crippen LogP contribution in [0.5, 0.6) is 0 Å². The van der Waals surface area contributed by atoms with Crippen molar-refractivity contribution in [1.29, 1.82) is 0 Å². The highest BCUT2D eigenvalue weighted by Crippen LogP contribution is 2.33. The molecule has 0 aromatic heterocycles. The summed E-state index contributed by atoms with van der Waals surface area (Å²) in [5, 5.41) is 5.56. The van der Waals surface area contributed by atoms with E-state index in [0.717, 1.165) is 16.7 Å². The fourth-order valence-corrected chi connectivity index (χ4v) is 3.39. The standard InChI is InChI=1S/C18H23N3O3/c1-11-4-5-14(12(2)10-11)16-15(13(3)19-18(23)20-16)17(22)21-6-8-24-9-7-21/h4-5,10,15-16H,3,6-9H2,1-2H3,(H2,19,20,23)/t15-,16-/m1/s1. The number of hydrogen-bond acceptors (Lipinski definition) is 3. The van der Waals surface area contributed by atoms with E-state index in [1.54, 1.807) is 4.90 Å². The second-order valence-corrected chi connectivity index (χ2v) is 6.38. The minimum atomic E-state index is -0.526. The van der Waals surface area contributed by atoms with Crippen molar-refractivity contribution in [2.45, 2.75) is 19.9 Å². The summed E-state index contributed by atoms with van der Waals surface area (Å²) in [5.41, 5.74) is 3.59. The summed E-state index contributed by atoms with van der Waals surface area (Å²) in [4.78, 5) is 26.8. The average Bonchev–Trinajstić information content (AvgIpc) is 2.54. The molecule has 0 saturated carbocycles. The van der Waals surface area contributed by atoms with Crippen molar-refractivity contribution >= 4 is 11.9 Å². The predicted octanol–water partition coefficient (Wildman–Crippen LogP) is 1.65. The Kier molecular flexibility index (Phi) is 4.57. The van der Waals surface area contributed by atoms with Gasteiger partial charge in [-0.1, -0.05) is 30.3 Å². The van der Waals surface area contributed by atoms with Crippen LogP contribution in [0, 0.1) is 19.8 Å². The molecule has 24 heavy (non-hydrogen) atoms. The Balaban J connectivity index is 1.94. The summed E-state index contributed by atoms with van der Waals surface area (Å²) in [5.74, 6) is -0.553. The van der Waals surface area contributed by atoms with E-state index >= 15 is 0 Å². The van der Waals surface area contributed by atoms with Gasteiger partial charge in [0.2, 0.25) is 5.91 Å². The largest absolute Gasteiger partial charge is 0.378 e. The van der Waals surface area contributed by atoms with Gasteiger partial charge in [-0.2, -0.15) is 0 Å². The third kappa shape index (κ3) is 3.14. The van der Waals surface area contributed by atoms with Gasteiger partial charge < -0.3 is 20.3 Å².